The Labute approximate surface area is 172 Å². The van der Waals surface area contributed by atoms with Crippen LogP contribution in [-0.2, 0) is 9.53 Å². The molecule has 1 aromatic heterocycles. The molecule has 1 aliphatic heterocycles. The number of nitrogens with zero attached hydrogens (tertiary/aromatic N) is 3. The second-order valence-corrected chi connectivity index (χ2v) is 7.76. The number of amidine groups is 1. The van der Waals surface area contributed by atoms with Crippen LogP contribution in [0.15, 0.2) is 40.2 Å². The van der Waals surface area contributed by atoms with E-state index in [-0.39, 0.29) is 0 Å². The highest BCUT2D eigenvalue weighted by Crippen LogP contribution is 2.37. The number of carbonyl (C=O) groups is 1. The molecule has 0 radical (unpaired) electrons. The van der Waals surface area contributed by atoms with Gasteiger partial charge in [-0.3, -0.25) is 4.79 Å². The summed E-state index contributed by atoms with van der Waals surface area (Å²) in [6.07, 6.45) is 0.599. The van der Waals surface area contributed by atoms with E-state index >= 15 is 0 Å². The third kappa shape index (κ3) is 4.25. The number of esters is 1. The highest BCUT2D eigenvalue weighted by Gasteiger charge is 2.31. The first-order valence-corrected chi connectivity index (χ1v) is 10.3. The number of hydrogen-bond acceptors (Lipinski definition) is 7. The third-order valence-corrected chi connectivity index (χ3v) is 5.15. The van der Waals surface area contributed by atoms with Gasteiger partial charge in [0, 0.05) is 34.3 Å². The van der Waals surface area contributed by atoms with Crippen LogP contribution in [-0.4, -0.2) is 27.3 Å². The number of allylic oxidation sites excluding steroid dienone is 1. The molecule has 0 fully saturated rings. The average molecular weight is 476 g/mol. The fourth-order valence-corrected chi connectivity index (χ4v) is 3.87. The van der Waals surface area contributed by atoms with E-state index in [9.17, 15) is 4.79 Å². The van der Waals surface area contributed by atoms with Crippen molar-refractivity contribution in [3.63, 3.8) is 0 Å². The quantitative estimate of drug-likeness (QED) is 0.509. The number of aromatic nitrogens is 2. The van der Waals surface area contributed by atoms with E-state index in [0.717, 1.165) is 5.70 Å². The Hall–Kier alpha value is -1.48. The number of nitrogens with one attached hydrogen (secondary N) is 1. The van der Waals surface area contributed by atoms with Gasteiger partial charge in [0.25, 0.3) is 0 Å². The van der Waals surface area contributed by atoms with Crippen LogP contribution in [0.1, 0.15) is 30.0 Å². The van der Waals surface area contributed by atoms with Crippen LogP contribution < -0.4 is 5.32 Å². The molecule has 1 N–H and O–H groups in total. The zero-order valence-electron chi connectivity index (χ0n) is 13.5. The summed E-state index contributed by atoms with van der Waals surface area (Å²) in [7, 11) is 0. The van der Waals surface area contributed by atoms with Gasteiger partial charge in [0.05, 0.1) is 5.70 Å². The lowest BCUT2D eigenvalue weighted by atomic mass is 10.0. The Morgan fingerprint density at radius 2 is 2.23 bits per heavy atom. The summed E-state index contributed by atoms with van der Waals surface area (Å²) in [5.41, 5.74) is 3.04. The average Bonchev–Trinajstić information content (AvgIpc) is 3.11. The number of alkyl halides is 1. The molecule has 0 aliphatic carbocycles. The van der Waals surface area contributed by atoms with Gasteiger partial charge in [0.15, 0.2) is 16.6 Å². The number of halogens is 3. The van der Waals surface area contributed by atoms with Crippen molar-refractivity contribution in [1.29, 1.82) is 0 Å². The van der Waals surface area contributed by atoms with Gasteiger partial charge < -0.3 is 10.1 Å². The van der Waals surface area contributed by atoms with E-state index in [1.807, 2.05) is 0 Å². The maximum absolute atomic E-state index is 11.7. The Bertz CT molecular complexity index is 886. The second-order valence-electron chi connectivity index (χ2n) is 5.29. The van der Waals surface area contributed by atoms with E-state index in [4.69, 9.17) is 27.9 Å². The molecule has 1 atom stereocenters. The molecule has 0 saturated heterocycles. The fraction of sp³-hybridized carbons (Fsp3) is 0.250. The lowest BCUT2D eigenvalue weighted by Gasteiger charge is -2.27. The Morgan fingerprint density at radius 3 is 2.85 bits per heavy atom. The predicted molar refractivity (Wildman–Crippen MR) is 106 cm³/mol. The van der Waals surface area contributed by atoms with Gasteiger partial charge in [0.1, 0.15) is 11.6 Å². The number of hydrogen-bond donors (Lipinski definition) is 1. The van der Waals surface area contributed by atoms with Crippen molar-refractivity contribution in [3.05, 3.63) is 55.8 Å². The molecule has 10 heteroatoms. The third-order valence-electron chi connectivity index (χ3n) is 3.49. The lowest BCUT2D eigenvalue weighted by molar-refractivity contribution is -0.137. The zero-order valence-corrected chi connectivity index (χ0v) is 17.4. The van der Waals surface area contributed by atoms with Crippen LogP contribution in [0.2, 0.25) is 10.0 Å². The largest absolute Gasteiger partial charge is 0.427 e. The van der Waals surface area contributed by atoms with Crippen LogP contribution in [0, 0.1) is 0 Å². The first-order chi connectivity index (χ1) is 12.5. The summed E-state index contributed by atoms with van der Waals surface area (Å²) < 4.78 is 5.50. The summed E-state index contributed by atoms with van der Waals surface area (Å²) in [6, 6.07) is 4.53. The lowest BCUT2D eigenvalue weighted by Crippen LogP contribution is -2.32. The van der Waals surface area contributed by atoms with Crippen molar-refractivity contribution < 1.29 is 9.53 Å². The van der Waals surface area contributed by atoms with Crippen molar-refractivity contribution >= 4 is 62.3 Å². The first kappa shape index (κ1) is 19.3. The minimum atomic E-state index is -0.599. The SMILES string of the molecule is CC(=O)OC1=C(CCBr)NC(c2nncs2)=NC1c1ccc(Cl)cc1Cl. The Balaban J connectivity index is 2.14. The molecule has 2 aromatic rings. The molecule has 3 rings (SSSR count). The van der Waals surface area contributed by atoms with Gasteiger partial charge >= 0.3 is 5.97 Å². The fourth-order valence-electron chi connectivity index (χ4n) is 2.46. The van der Waals surface area contributed by atoms with E-state index in [1.54, 1.807) is 23.7 Å². The van der Waals surface area contributed by atoms with Crippen LogP contribution in [0.5, 0.6) is 0 Å². The molecule has 136 valence electrons. The van der Waals surface area contributed by atoms with Crippen molar-refractivity contribution in [2.45, 2.75) is 19.4 Å². The minimum absolute atomic E-state index is 0.412. The van der Waals surface area contributed by atoms with E-state index in [0.29, 0.717) is 44.0 Å². The molecule has 0 spiro atoms. The minimum Gasteiger partial charge on any atom is -0.427 e. The number of benzene rings is 1. The molecule has 1 aromatic carbocycles. The van der Waals surface area contributed by atoms with Crippen molar-refractivity contribution in [2.75, 3.05) is 5.33 Å². The number of ether oxygens (including phenoxy) is 1. The maximum atomic E-state index is 11.7. The standard InChI is InChI=1S/C16H13BrCl2N4O2S/c1-8(24)25-14-12(4-5-17)21-15(16-23-20-7-26-16)22-13(14)10-3-2-9(18)6-11(10)19/h2-3,6-7,13H,4-5H2,1H3,(H,21,22). The molecule has 2 heterocycles. The molecule has 0 bridgehead atoms. The molecule has 0 amide bonds. The van der Waals surface area contributed by atoms with Crippen molar-refractivity contribution in [3.8, 4) is 0 Å². The molecule has 6 nitrogen and oxygen atoms in total. The van der Waals surface area contributed by atoms with Gasteiger partial charge in [-0.15, -0.1) is 10.2 Å². The van der Waals surface area contributed by atoms with Crippen LogP contribution in [0.3, 0.4) is 0 Å². The molecule has 26 heavy (non-hydrogen) atoms. The summed E-state index contributed by atoms with van der Waals surface area (Å²) in [5, 5.41) is 13.4. The van der Waals surface area contributed by atoms with Crippen LogP contribution in [0.25, 0.3) is 0 Å². The maximum Gasteiger partial charge on any atom is 0.307 e. The predicted octanol–water partition coefficient (Wildman–Crippen LogP) is 4.50. The number of carbonyl (C=O) groups excluding carboxylic acids is 1. The smallest absolute Gasteiger partial charge is 0.307 e. The van der Waals surface area contributed by atoms with Gasteiger partial charge in [0.2, 0.25) is 0 Å². The van der Waals surface area contributed by atoms with Gasteiger partial charge in [-0.25, -0.2) is 4.99 Å². The zero-order chi connectivity index (χ0) is 18.7. The number of rotatable bonds is 5. The Morgan fingerprint density at radius 1 is 1.42 bits per heavy atom. The van der Waals surface area contributed by atoms with Crippen molar-refractivity contribution in [2.24, 2.45) is 4.99 Å². The van der Waals surface area contributed by atoms with E-state index in [2.05, 4.69) is 36.4 Å². The summed E-state index contributed by atoms with van der Waals surface area (Å²) in [5.74, 6) is 0.531. The topological polar surface area (TPSA) is 76.5 Å². The molecule has 1 unspecified atom stereocenters. The molecule has 1 aliphatic rings. The Kier molecular flexibility index (Phi) is 6.29. The second kappa shape index (κ2) is 8.47. The van der Waals surface area contributed by atoms with Crippen LogP contribution >= 0.6 is 50.5 Å². The summed E-state index contributed by atoms with van der Waals surface area (Å²) in [4.78, 5) is 16.4. The van der Waals surface area contributed by atoms with Gasteiger partial charge in [-0.05, 0) is 12.1 Å². The van der Waals surface area contributed by atoms with E-state index < -0.39 is 12.0 Å². The van der Waals surface area contributed by atoms with Crippen molar-refractivity contribution in [1.82, 2.24) is 15.5 Å². The van der Waals surface area contributed by atoms with Crippen LogP contribution in [0.4, 0.5) is 0 Å². The molecular weight excluding hydrogens is 463 g/mol. The summed E-state index contributed by atoms with van der Waals surface area (Å²) in [6.45, 7) is 1.35. The normalized spacial score (nSPS) is 16.9. The highest BCUT2D eigenvalue weighted by atomic mass is 79.9. The monoisotopic (exact) mass is 474 g/mol. The highest BCUT2D eigenvalue weighted by molar-refractivity contribution is 9.09. The molecule has 0 saturated carbocycles. The number of aliphatic imine (C=N–C) groups is 1. The first-order valence-electron chi connectivity index (χ1n) is 7.53. The van der Waals surface area contributed by atoms with Gasteiger partial charge in [-0.1, -0.05) is 56.5 Å². The summed E-state index contributed by atoms with van der Waals surface area (Å²) >= 11 is 17.2. The van der Waals surface area contributed by atoms with E-state index in [1.165, 1.54) is 18.3 Å². The molecular formula is C16H13BrCl2N4O2S. The van der Waals surface area contributed by atoms with Gasteiger partial charge in [-0.2, -0.15) is 0 Å².